The van der Waals surface area contributed by atoms with Gasteiger partial charge < -0.3 is 4.74 Å². The van der Waals surface area contributed by atoms with Crippen molar-refractivity contribution in [3.8, 4) is 11.6 Å². The molecule has 0 N–H and O–H groups in total. The zero-order chi connectivity index (χ0) is 13.8. The molecule has 0 unspecified atom stereocenters. The van der Waals surface area contributed by atoms with E-state index < -0.39 is 5.82 Å². The Morgan fingerprint density at radius 1 is 1.26 bits per heavy atom. The molecule has 0 atom stereocenters. The van der Waals surface area contributed by atoms with Gasteiger partial charge in [0, 0.05) is 10.6 Å². The third kappa shape index (κ3) is 3.37. The van der Waals surface area contributed by atoms with Gasteiger partial charge >= 0.3 is 0 Å². The molecule has 0 spiro atoms. The lowest BCUT2D eigenvalue weighted by molar-refractivity contribution is 0.453. The van der Waals surface area contributed by atoms with Crippen LogP contribution < -0.4 is 4.74 Å². The standard InChI is InChI=1S/C14H12Cl2FNO/c1-2-9-6-12(3-4-13(9)16)19-14-10(7-15)5-11(17)8-18-14/h3-6,8H,2,7H2,1H3. The summed E-state index contributed by atoms with van der Waals surface area (Å²) in [5.41, 5.74) is 1.49. The molecule has 0 amide bonds. The van der Waals surface area contributed by atoms with Crippen LogP contribution in [0.2, 0.25) is 5.02 Å². The van der Waals surface area contributed by atoms with Crippen LogP contribution in [-0.2, 0) is 12.3 Å². The maximum Gasteiger partial charge on any atom is 0.223 e. The summed E-state index contributed by atoms with van der Waals surface area (Å²) in [6, 6.07) is 6.65. The number of hydrogen-bond acceptors (Lipinski definition) is 2. The minimum Gasteiger partial charge on any atom is -0.439 e. The number of hydrogen-bond donors (Lipinski definition) is 0. The van der Waals surface area contributed by atoms with E-state index in [2.05, 4.69) is 4.98 Å². The van der Waals surface area contributed by atoms with Crippen molar-refractivity contribution in [1.29, 1.82) is 0 Å². The monoisotopic (exact) mass is 299 g/mol. The summed E-state index contributed by atoms with van der Waals surface area (Å²) < 4.78 is 18.7. The van der Waals surface area contributed by atoms with Crippen LogP contribution >= 0.6 is 23.2 Å². The van der Waals surface area contributed by atoms with Gasteiger partial charge in [0.1, 0.15) is 11.6 Å². The average molecular weight is 300 g/mol. The third-order valence-corrected chi connectivity index (χ3v) is 3.31. The van der Waals surface area contributed by atoms with E-state index in [0.717, 1.165) is 18.2 Å². The van der Waals surface area contributed by atoms with E-state index in [4.69, 9.17) is 27.9 Å². The zero-order valence-corrected chi connectivity index (χ0v) is 11.8. The van der Waals surface area contributed by atoms with Gasteiger partial charge in [-0.3, -0.25) is 0 Å². The number of benzene rings is 1. The van der Waals surface area contributed by atoms with Crippen molar-refractivity contribution in [2.45, 2.75) is 19.2 Å². The summed E-state index contributed by atoms with van der Waals surface area (Å²) in [7, 11) is 0. The molecule has 0 aliphatic carbocycles. The molecule has 2 aromatic rings. The summed E-state index contributed by atoms with van der Waals surface area (Å²) in [5, 5.41) is 0.694. The number of pyridine rings is 1. The first-order valence-corrected chi connectivity index (χ1v) is 6.72. The minimum absolute atomic E-state index is 0.133. The number of ether oxygens (including phenoxy) is 1. The topological polar surface area (TPSA) is 22.1 Å². The SMILES string of the molecule is CCc1cc(Oc2ncc(F)cc2CCl)ccc1Cl. The highest BCUT2D eigenvalue weighted by Gasteiger charge is 2.09. The van der Waals surface area contributed by atoms with E-state index in [1.165, 1.54) is 6.07 Å². The lowest BCUT2D eigenvalue weighted by Gasteiger charge is -2.10. The van der Waals surface area contributed by atoms with Crippen molar-refractivity contribution in [3.05, 3.63) is 52.4 Å². The number of nitrogens with zero attached hydrogens (tertiary/aromatic N) is 1. The summed E-state index contributed by atoms with van der Waals surface area (Å²) in [4.78, 5) is 3.91. The van der Waals surface area contributed by atoms with Gasteiger partial charge in [-0.1, -0.05) is 18.5 Å². The molecule has 1 aromatic carbocycles. The number of alkyl halides is 1. The van der Waals surface area contributed by atoms with E-state index in [0.29, 0.717) is 22.2 Å². The second kappa shape index (κ2) is 6.22. The van der Waals surface area contributed by atoms with Gasteiger partial charge in [-0.2, -0.15) is 0 Å². The summed E-state index contributed by atoms with van der Waals surface area (Å²) in [6.45, 7) is 2.01. The second-order valence-electron chi connectivity index (χ2n) is 3.96. The quantitative estimate of drug-likeness (QED) is 0.744. The number of aryl methyl sites for hydroxylation is 1. The molecule has 2 nitrogen and oxygen atoms in total. The van der Waals surface area contributed by atoms with Crippen molar-refractivity contribution < 1.29 is 9.13 Å². The maximum atomic E-state index is 13.1. The van der Waals surface area contributed by atoms with Crippen molar-refractivity contribution in [1.82, 2.24) is 4.98 Å². The number of halogens is 3. The summed E-state index contributed by atoms with van der Waals surface area (Å²) in [5.74, 6) is 0.606. The predicted octanol–water partition coefficient (Wildman–Crippen LogP) is 4.97. The van der Waals surface area contributed by atoms with Gasteiger partial charge in [0.05, 0.1) is 12.1 Å². The van der Waals surface area contributed by atoms with Crippen LogP contribution in [0.4, 0.5) is 4.39 Å². The number of aromatic nitrogens is 1. The highest BCUT2D eigenvalue weighted by atomic mass is 35.5. The van der Waals surface area contributed by atoms with Gasteiger partial charge in [-0.25, -0.2) is 9.37 Å². The summed E-state index contributed by atoms with van der Waals surface area (Å²) >= 11 is 11.8. The van der Waals surface area contributed by atoms with Gasteiger partial charge in [-0.05, 0) is 36.2 Å². The van der Waals surface area contributed by atoms with Gasteiger partial charge in [-0.15, -0.1) is 11.6 Å². The average Bonchev–Trinajstić information content (AvgIpc) is 2.42. The first-order valence-electron chi connectivity index (χ1n) is 5.80. The molecule has 0 aliphatic heterocycles. The highest BCUT2D eigenvalue weighted by Crippen LogP contribution is 2.28. The molecule has 19 heavy (non-hydrogen) atoms. The third-order valence-electron chi connectivity index (χ3n) is 2.65. The minimum atomic E-state index is -0.437. The normalized spacial score (nSPS) is 10.5. The molecule has 0 saturated heterocycles. The van der Waals surface area contributed by atoms with Gasteiger partial charge in [0.15, 0.2) is 0 Å². The largest absolute Gasteiger partial charge is 0.439 e. The molecule has 0 aliphatic rings. The first-order chi connectivity index (χ1) is 9.13. The Bertz CT molecular complexity index is 590. The smallest absolute Gasteiger partial charge is 0.223 e. The highest BCUT2D eigenvalue weighted by molar-refractivity contribution is 6.31. The summed E-state index contributed by atoms with van der Waals surface area (Å²) in [6.07, 6.45) is 1.90. The second-order valence-corrected chi connectivity index (χ2v) is 4.63. The van der Waals surface area contributed by atoms with Gasteiger partial charge in [0.2, 0.25) is 5.88 Å². The molecule has 5 heteroatoms. The van der Waals surface area contributed by atoms with E-state index in [9.17, 15) is 4.39 Å². The van der Waals surface area contributed by atoms with Crippen LogP contribution in [0.3, 0.4) is 0 Å². The van der Waals surface area contributed by atoms with Crippen LogP contribution in [0, 0.1) is 5.82 Å². The molecule has 1 aromatic heterocycles. The van der Waals surface area contributed by atoms with Crippen molar-refractivity contribution in [3.63, 3.8) is 0 Å². The lowest BCUT2D eigenvalue weighted by atomic mass is 10.1. The fraction of sp³-hybridized carbons (Fsp3) is 0.214. The molecule has 100 valence electrons. The van der Waals surface area contributed by atoms with Crippen molar-refractivity contribution >= 4 is 23.2 Å². The fourth-order valence-electron chi connectivity index (χ4n) is 1.65. The molecule has 0 radical (unpaired) electrons. The molecule has 0 bridgehead atoms. The Labute approximate surface area is 121 Å². The van der Waals surface area contributed by atoms with Crippen LogP contribution in [0.15, 0.2) is 30.5 Å². The fourth-order valence-corrected chi connectivity index (χ4v) is 2.10. The van der Waals surface area contributed by atoms with Crippen LogP contribution in [-0.4, -0.2) is 4.98 Å². The maximum absolute atomic E-state index is 13.1. The van der Waals surface area contributed by atoms with E-state index in [-0.39, 0.29) is 5.88 Å². The molecule has 0 fully saturated rings. The Kier molecular flexibility index (Phi) is 4.61. The molecule has 1 heterocycles. The Hall–Kier alpha value is -1.32. The Morgan fingerprint density at radius 2 is 2.05 bits per heavy atom. The molecular formula is C14H12Cl2FNO. The van der Waals surface area contributed by atoms with Crippen LogP contribution in [0.25, 0.3) is 0 Å². The van der Waals surface area contributed by atoms with Gasteiger partial charge in [0.25, 0.3) is 0 Å². The Morgan fingerprint density at radius 3 is 2.74 bits per heavy atom. The van der Waals surface area contributed by atoms with Crippen molar-refractivity contribution in [2.75, 3.05) is 0 Å². The lowest BCUT2D eigenvalue weighted by Crippen LogP contribution is -1.95. The van der Waals surface area contributed by atoms with E-state index in [1.54, 1.807) is 12.1 Å². The molecular weight excluding hydrogens is 288 g/mol. The van der Waals surface area contributed by atoms with E-state index in [1.807, 2.05) is 13.0 Å². The van der Waals surface area contributed by atoms with E-state index >= 15 is 0 Å². The molecule has 2 rings (SSSR count). The number of rotatable bonds is 4. The van der Waals surface area contributed by atoms with Crippen molar-refractivity contribution in [2.24, 2.45) is 0 Å². The van der Waals surface area contributed by atoms with Crippen LogP contribution in [0.1, 0.15) is 18.1 Å². The predicted molar refractivity (Wildman–Crippen MR) is 74.7 cm³/mol. The first kappa shape index (κ1) is 14.1. The molecule has 0 saturated carbocycles. The Balaban J connectivity index is 2.30. The zero-order valence-electron chi connectivity index (χ0n) is 10.3. The van der Waals surface area contributed by atoms with Crippen LogP contribution in [0.5, 0.6) is 11.6 Å².